The minimum absolute atomic E-state index is 0.124. The Morgan fingerprint density at radius 1 is 1.39 bits per heavy atom. The van der Waals surface area contributed by atoms with Crippen LogP contribution in [0.25, 0.3) is 0 Å². The number of aliphatic hydroxyl groups is 1. The molecule has 1 fully saturated rings. The summed E-state index contributed by atoms with van der Waals surface area (Å²) in [6.07, 6.45) is 2.25. The molecule has 2 unspecified atom stereocenters. The average Bonchev–Trinajstić information content (AvgIpc) is 2.26. The number of aliphatic hydroxyl groups excluding tert-OH is 1. The van der Waals surface area contributed by atoms with Crippen molar-refractivity contribution in [3.8, 4) is 0 Å². The molecular formula is C14H18FNO2. The number of carbonyl (C=O) groups is 1. The summed E-state index contributed by atoms with van der Waals surface area (Å²) < 4.78 is 12.9. The van der Waals surface area contributed by atoms with E-state index < -0.39 is 6.10 Å². The van der Waals surface area contributed by atoms with Gasteiger partial charge in [-0.15, -0.1) is 0 Å². The molecule has 0 bridgehead atoms. The van der Waals surface area contributed by atoms with Gasteiger partial charge in [0, 0.05) is 0 Å². The van der Waals surface area contributed by atoms with Gasteiger partial charge in [0.15, 0.2) is 0 Å². The lowest BCUT2D eigenvalue weighted by atomic mass is 9.77. The molecule has 98 valence electrons. The second kappa shape index (κ2) is 5.48. The Balaban J connectivity index is 2.14. The van der Waals surface area contributed by atoms with Crippen molar-refractivity contribution in [2.24, 2.45) is 5.92 Å². The molecule has 2 rings (SSSR count). The highest BCUT2D eigenvalue weighted by Crippen LogP contribution is 2.37. The third kappa shape index (κ3) is 2.88. The molecule has 18 heavy (non-hydrogen) atoms. The van der Waals surface area contributed by atoms with Crippen molar-refractivity contribution in [3.63, 3.8) is 0 Å². The van der Waals surface area contributed by atoms with Crippen LogP contribution in [0.2, 0.25) is 0 Å². The summed E-state index contributed by atoms with van der Waals surface area (Å²) in [5, 5.41) is 12.1. The van der Waals surface area contributed by atoms with Crippen LogP contribution in [-0.4, -0.2) is 17.1 Å². The Morgan fingerprint density at radius 2 is 2.00 bits per heavy atom. The van der Waals surface area contributed by atoms with Gasteiger partial charge in [0.25, 0.3) is 0 Å². The Kier molecular flexibility index (Phi) is 3.97. The van der Waals surface area contributed by atoms with Crippen molar-refractivity contribution < 1.29 is 14.3 Å². The highest BCUT2D eigenvalue weighted by Gasteiger charge is 2.30. The number of halogens is 1. The highest BCUT2D eigenvalue weighted by molar-refractivity contribution is 5.80. The predicted octanol–water partition coefficient (Wildman–Crippen LogP) is 2.16. The number of amides is 1. The lowest BCUT2D eigenvalue weighted by Gasteiger charge is -2.35. The van der Waals surface area contributed by atoms with E-state index in [2.05, 4.69) is 5.32 Å². The van der Waals surface area contributed by atoms with E-state index in [1.54, 1.807) is 12.1 Å². The predicted molar refractivity (Wildman–Crippen MR) is 66.3 cm³/mol. The molecule has 1 aliphatic rings. The van der Waals surface area contributed by atoms with Crippen LogP contribution < -0.4 is 5.32 Å². The fraction of sp³-hybridized carbons (Fsp3) is 0.500. The monoisotopic (exact) mass is 251 g/mol. The molecule has 3 nitrogen and oxygen atoms in total. The van der Waals surface area contributed by atoms with E-state index in [1.165, 1.54) is 19.1 Å². The van der Waals surface area contributed by atoms with E-state index >= 15 is 0 Å². The molecule has 0 heterocycles. The van der Waals surface area contributed by atoms with Gasteiger partial charge in [-0.3, -0.25) is 4.79 Å². The first-order valence-corrected chi connectivity index (χ1v) is 6.32. The standard InChI is InChI=1S/C14H18FNO2/c1-9(17)14(18)16-13(10-3-2-4-10)11-5-7-12(15)8-6-11/h5-10,13,17H,2-4H2,1H3,(H,16,18). The molecule has 1 aromatic carbocycles. The lowest BCUT2D eigenvalue weighted by Crippen LogP contribution is -2.40. The molecule has 2 atom stereocenters. The molecule has 0 saturated heterocycles. The van der Waals surface area contributed by atoms with Crippen LogP contribution in [0.5, 0.6) is 0 Å². The zero-order chi connectivity index (χ0) is 13.1. The van der Waals surface area contributed by atoms with Crippen LogP contribution in [0.3, 0.4) is 0 Å². The van der Waals surface area contributed by atoms with Crippen molar-refractivity contribution in [1.29, 1.82) is 0 Å². The van der Waals surface area contributed by atoms with Gasteiger partial charge in [-0.1, -0.05) is 18.6 Å². The highest BCUT2D eigenvalue weighted by atomic mass is 19.1. The van der Waals surface area contributed by atoms with Crippen molar-refractivity contribution in [2.75, 3.05) is 0 Å². The second-order valence-electron chi connectivity index (χ2n) is 4.90. The maximum atomic E-state index is 12.9. The number of hydrogen-bond acceptors (Lipinski definition) is 2. The first-order valence-electron chi connectivity index (χ1n) is 6.32. The first-order chi connectivity index (χ1) is 8.58. The number of carbonyl (C=O) groups excluding carboxylic acids is 1. The van der Waals surface area contributed by atoms with E-state index in [4.69, 9.17) is 0 Å². The van der Waals surface area contributed by atoms with Crippen LogP contribution >= 0.6 is 0 Å². The van der Waals surface area contributed by atoms with Gasteiger partial charge in [0.1, 0.15) is 11.9 Å². The van der Waals surface area contributed by atoms with Gasteiger partial charge < -0.3 is 10.4 Å². The van der Waals surface area contributed by atoms with Crippen LogP contribution in [0, 0.1) is 11.7 Å². The fourth-order valence-corrected chi connectivity index (χ4v) is 2.19. The van der Waals surface area contributed by atoms with Crippen LogP contribution in [0.1, 0.15) is 37.8 Å². The molecule has 0 aliphatic heterocycles. The number of rotatable bonds is 4. The lowest BCUT2D eigenvalue weighted by molar-refractivity contribution is -0.129. The van der Waals surface area contributed by atoms with Gasteiger partial charge in [0.05, 0.1) is 6.04 Å². The Labute approximate surface area is 106 Å². The summed E-state index contributed by atoms with van der Waals surface area (Å²) in [4.78, 5) is 11.6. The topological polar surface area (TPSA) is 49.3 Å². The molecule has 1 aromatic rings. The molecular weight excluding hydrogens is 233 g/mol. The van der Waals surface area contributed by atoms with Gasteiger partial charge in [0.2, 0.25) is 5.91 Å². The van der Waals surface area contributed by atoms with Crippen molar-refractivity contribution in [1.82, 2.24) is 5.32 Å². The Morgan fingerprint density at radius 3 is 2.44 bits per heavy atom. The van der Waals surface area contributed by atoms with Crippen LogP contribution in [0.15, 0.2) is 24.3 Å². The minimum atomic E-state index is -1.02. The molecule has 1 amide bonds. The zero-order valence-electron chi connectivity index (χ0n) is 10.4. The summed E-state index contributed by atoms with van der Waals surface area (Å²) in [5.41, 5.74) is 0.898. The third-order valence-electron chi connectivity index (χ3n) is 3.53. The third-order valence-corrected chi connectivity index (χ3v) is 3.53. The molecule has 4 heteroatoms. The van der Waals surface area contributed by atoms with Crippen molar-refractivity contribution in [3.05, 3.63) is 35.6 Å². The minimum Gasteiger partial charge on any atom is -0.384 e. The van der Waals surface area contributed by atoms with E-state index in [1.807, 2.05) is 0 Å². The fourth-order valence-electron chi connectivity index (χ4n) is 2.19. The summed E-state index contributed by atoms with van der Waals surface area (Å²) in [6, 6.07) is 6.06. The SMILES string of the molecule is CC(O)C(=O)NC(c1ccc(F)cc1)C1CCC1. The van der Waals surface area contributed by atoms with Gasteiger partial charge in [-0.25, -0.2) is 4.39 Å². The second-order valence-corrected chi connectivity index (χ2v) is 4.90. The molecule has 1 aliphatic carbocycles. The van der Waals surface area contributed by atoms with E-state index in [-0.39, 0.29) is 17.8 Å². The number of benzene rings is 1. The molecule has 0 aromatic heterocycles. The molecule has 0 spiro atoms. The quantitative estimate of drug-likeness (QED) is 0.861. The maximum absolute atomic E-state index is 12.9. The zero-order valence-corrected chi connectivity index (χ0v) is 10.4. The van der Waals surface area contributed by atoms with Crippen LogP contribution in [-0.2, 0) is 4.79 Å². The number of hydrogen-bond donors (Lipinski definition) is 2. The Bertz CT molecular complexity index is 412. The first kappa shape index (κ1) is 13.0. The summed E-state index contributed by atoms with van der Waals surface area (Å²) in [5.74, 6) is -0.276. The van der Waals surface area contributed by atoms with Crippen molar-refractivity contribution in [2.45, 2.75) is 38.3 Å². The van der Waals surface area contributed by atoms with Gasteiger partial charge >= 0.3 is 0 Å². The summed E-state index contributed by atoms with van der Waals surface area (Å²) in [6.45, 7) is 1.44. The smallest absolute Gasteiger partial charge is 0.249 e. The largest absolute Gasteiger partial charge is 0.384 e. The van der Waals surface area contributed by atoms with E-state index in [0.29, 0.717) is 5.92 Å². The van der Waals surface area contributed by atoms with Gasteiger partial charge in [-0.05, 0) is 43.4 Å². The molecule has 0 radical (unpaired) electrons. The van der Waals surface area contributed by atoms with Crippen LogP contribution in [0.4, 0.5) is 4.39 Å². The van der Waals surface area contributed by atoms with Crippen molar-refractivity contribution >= 4 is 5.91 Å². The van der Waals surface area contributed by atoms with Gasteiger partial charge in [-0.2, -0.15) is 0 Å². The number of nitrogens with one attached hydrogen (secondary N) is 1. The van der Waals surface area contributed by atoms with E-state index in [0.717, 1.165) is 24.8 Å². The summed E-state index contributed by atoms with van der Waals surface area (Å²) >= 11 is 0. The average molecular weight is 251 g/mol. The normalized spacial score (nSPS) is 18.8. The summed E-state index contributed by atoms with van der Waals surface area (Å²) in [7, 11) is 0. The van der Waals surface area contributed by atoms with E-state index in [9.17, 15) is 14.3 Å². The molecule has 1 saturated carbocycles. The Hall–Kier alpha value is -1.42. The maximum Gasteiger partial charge on any atom is 0.249 e. The molecule has 2 N–H and O–H groups in total.